The lowest BCUT2D eigenvalue weighted by molar-refractivity contribution is -0.148. The molecule has 140 valence electrons. The maximum atomic E-state index is 11.9. The van der Waals surface area contributed by atoms with Crippen LogP contribution in [0, 0.1) is 0 Å². The van der Waals surface area contributed by atoms with E-state index in [2.05, 4.69) is 10.3 Å². The second-order valence-electron chi connectivity index (χ2n) is 5.82. The van der Waals surface area contributed by atoms with Crippen LogP contribution in [-0.4, -0.2) is 30.6 Å². The number of carbonyl (C=O) groups is 2. The molecule has 0 fully saturated rings. The van der Waals surface area contributed by atoms with Crippen molar-refractivity contribution in [3.8, 4) is 5.75 Å². The highest BCUT2D eigenvalue weighted by Crippen LogP contribution is 2.17. The third-order valence-corrected chi connectivity index (χ3v) is 3.91. The number of fused-ring (bicyclic) bond motifs is 1. The molecular formula is C20H20N2O5. The summed E-state index contributed by atoms with van der Waals surface area (Å²) in [6.45, 7) is -0.0369. The highest BCUT2D eigenvalue weighted by Gasteiger charge is 2.11. The van der Waals surface area contributed by atoms with Crippen molar-refractivity contribution in [1.29, 1.82) is 0 Å². The minimum atomic E-state index is -0.482. The molecular weight excluding hydrogens is 348 g/mol. The van der Waals surface area contributed by atoms with E-state index in [9.17, 15) is 9.59 Å². The molecule has 7 heteroatoms. The zero-order valence-corrected chi connectivity index (χ0v) is 14.9. The van der Waals surface area contributed by atoms with Gasteiger partial charge in [-0.3, -0.25) is 9.59 Å². The summed E-state index contributed by atoms with van der Waals surface area (Å²) in [4.78, 5) is 28.0. The first-order valence-electron chi connectivity index (χ1n) is 8.54. The van der Waals surface area contributed by atoms with Gasteiger partial charge in [0.05, 0.1) is 13.5 Å². The molecule has 0 aliphatic rings. The molecule has 1 N–H and O–H groups in total. The van der Waals surface area contributed by atoms with Gasteiger partial charge in [-0.2, -0.15) is 0 Å². The van der Waals surface area contributed by atoms with Crippen LogP contribution in [0.2, 0.25) is 0 Å². The number of aryl methyl sites for hydroxylation is 1. The minimum Gasteiger partial charge on any atom is -0.496 e. The maximum Gasteiger partial charge on any atom is 0.306 e. The molecule has 0 bridgehead atoms. The van der Waals surface area contributed by atoms with Crippen LogP contribution in [0.15, 0.2) is 52.9 Å². The number of esters is 1. The Balaban J connectivity index is 1.40. The Morgan fingerprint density at radius 1 is 1.11 bits per heavy atom. The quantitative estimate of drug-likeness (QED) is 0.615. The van der Waals surface area contributed by atoms with Crippen LogP contribution in [0.3, 0.4) is 0 Å². The molecule has 2 aromatic carbocycles. The van der Waals surface area contributed by atoms with Gasteiger partial charge in [-0.05, 0) is 18.2 Å². The van der Waals surface area contributed by atoms with Crippen molar-refractivity contribution in [2.75, 3.05) is 13.7 Å². The number of para-hydroxylation sites is 3. The predicted octanol–water partition coefficient (Wildman–Crippen LogP) is 2.63. The van der Waals surface area contributed by atoms with Crippen molar-refractivity contribution in [2.45, 2.75) is 19.4 Å². The number of ether oxygens (including phenoxy) is 2. The summed E-state index contributed by atoms with van der Waals surface area (Å²) >= 11 is 0. The average molecular weight is 368 g/mol. The van der Waals surface area contributed by atoms with Gasteiger partial charge in [0.15, 0.2) is 18.1 Å². The second kappa shape index (κ2) is 8.84. The molecule has 0 saturated carbocycles. The first kappa shape index (κ1) is 18.4. The van der Waals surface area contributed by atoms with Crippen molar-refractivity contribution < 1.29 is 23.5 Å². The first-order valence-corrected chi connectivity index (χ1v) is 8.54. The first-order chi connectivity index (χ1) is 13.2. The van der Waals surface area contributed by atoms with E-state index in [0.717, 1.165) is 11.1 Å². The third-order valence-electron chi connectivity index (χ3n) is 3.91. The summed E-state index contributed by atoms with van der Waals surface area (Å²) in [5.74, 6) is 0.294. The van der Waals surface area contributed by atoms with Crippen LogP contribution in [-0.2, 0) is 27.3 Å². The van der Waals surface area contributed by atoms with Crippen LogP contribution >= 0.6 is 0 Å². The molecule has 0 saturated heterocycles. The summed E-state index contributed by atoms with van der Waals surface area (Å²) in [7, 11) is 1.57. The van der Waals surface area contributed by atoms with E-state index in [4.69, 9.17) is 13.9 Å². The van der Waals surface area contributed by atoms with Crippen molar-refractivity contribution in [3.05, 3.63) is 60.0 Å². The molecule has 1 heterocycles. The van der Waals surface area contributed by atoms with Crippen molar-refractivity contribution in [1.82, 2.24) is 10.3 Å². The Morgan fingerprint density at radius 3 is 2.70 bits per heavy atom. The maximum absolute atomic E-state index is 11.9. The molecule has 0 atom stereocenters. The molecule has 0 radical (unpaired) electrons. The molecule has 3 rings (SSSR count). The summed E-state index contributed by atoms with van der Waals surface area (Å²) in [5, 5.41) is 2.69. The fraction of sp³-hybridized carbons (Fsp3) is 0.250. The summed E-state index contributed by atoms with van der Waals surface area (Å²) in [6, 6.07) is 14.8. The number of nitrogens with zero attached hydrogens (tertiary/aromatic N) is 1. The number of hydrogen-bond acceptors (Lipinski definition) is 6. The molecule has 0 aliphatic carbocycles. The summed E-state index contributed by atoms with van der Waals surface area (Å²) in [5.41, 5.74) is 2.27. The Labute approximate surface area is 156 Å². The molecule has 0 unspecified atom stereocenters. The highest BCUT2D eigenvalue weighted by atomic mass is 16.5. The molecule has 7 nitrogen and oxygen atoms in total. The number of hydrogen-bond donors (Lipinski definition) is 1. The smallest absolute Gasteiger partial charge is 0.306 e. The molecule has 1 amide bonds. The normalized spacial score (nSPS) is 10.6. The van der Waals surface area contributed by atoms with E-state index in [1.807, 2.05) is 48.5 Å². The number of aromatic nitrogens is 1. The van der Waals surface area contributed by atoms with Crippen LogP contribution < -0.4 is 10.1 Å². The Kier molecular flexibility index (Phi) is 6.04. The van der Waals surface area contributed by atoms with Gasteiger partial charge in [-0.25, -0.2) is 4.98 Å². The van der Waals surface area contributed by atoms with E-state index < -0.39 is 5.97 Å². The third kappa shape index (κ3) is 5.07. The number of oxazole rings is 1. The Hall–Kier alpha value is -3.35. The van der Waals surface area contributed by atoms with Gasteiger partial charge in [0.1, 0.15) is 11.3 Å². The SMILES string of the molecule is COc1ccccc1CNC(=O)COC(=O)CCc1nc2ccccc2o1. The van der Waals surface area contributed by atoms with Crippen molar-refractivity contribution in [3.63, 3.8) is 0 Å². The number of benzene rings is 2. The predicted molar refractivity (Wildman–Crippen MR) is 98.1 cm³/mol. The number of nitrogens with one attached hydrogen (secondary N) is 1. The van der Waals surface area contributed by atoms with Gasteiger partial charge in [0.2, 0.25) is 0 Å². The fourth-order valence-corrected chi connectivity index (χ4v) is 2.55. The van der Waals surface area contributed by atoms with Crippen molar-refractivity contribution in [2.24, 2.45) is 0 Å². The van der Waals surface area contributed by atoms with Gasteiger partial charge in [0.25, 0.3) is 5.91 Å². The molecule has 3 aromatic rings. The van der Waals surface area contributed by atoms with E-state index in [1.54, 1.807) is 7.11 Å². The van der Waals surface area contributed by atoms with Crippen LogP contribution in [0.5, 0.6) is 5.75 Å². The minimum absolute atomic E-state index is 0.0899. The van der Waals surface area contributed by atoms with Gasteiger partial charge < -0.3 is 19.2 Å². The lowest BCUT2D eigenvalue weighted by atomic mass is 10.2. The largest absolute Gasteiger partial charge is 0.496 e. The van der Waals surface area contributed by atoms with E-state index in [1.165, 1.54) is 0 Å². The zero-order valence-electron chi connectivity index (χ0n) is 14.9. The molecule has 0 spiro atoms. The van der Waals surface area contributed by atoms with Gasteiger partial charge in [0, 0.05) is 18.5 Å². The summed E-state index contributed by atoms with van der Waals surface area (Å²) in [6.07, 6.45) is 0.406. The van der Waals surface area contributed by atoms with Gasteiger partial charge in [-0.15, -0.1) is 0 Å². The van der Waals surface area contributed by atoms with E-state index in [-0.39, 0.29) is 18.9 Å². The topological polar surface area (TPSA) is 90.7 Å². The van der Waals surface area contributed by atoms with Crippen LogP contribution in [0.1, 0.15) is 17.9 Å². The number of amides is 1. The van der Waals surface area contributed by atoms with Crippen LogP contribution in [0.25, 0.3) is 11.1 Å². The van der Waals surface area contributed by atoms with Crippen molar-refractivity contribution >= 4 is 23.0 Å². The van der Waals surface area contributed by atoms with Gasteiger partial charge >= 0.3 is 5.97 Å². The lowest BCUT2D eigenvalue weighted by Gasteiger charge is -2.09. The average Bonchev–Trinajstić information content (AvgIpc) is 3.12. The van der Waals surface area contributed by atoms with E-state index >= 15 is 0 Å². The highest BCUT2D eigenvalue weighted by molar-refractivity contribution is 5.80. The van der Waals surface area contributed by atoms with Crippen LogP contribution in [0.4, 0.5) is 0 Å². The molecule has 0 aliphatic heterocycles. The number of rotatable bonds is 8. The lowest BCUT2D eigenvalue weighted by Crippen LogP contribution is -2.28. The standard InChI is InChI=1S/C20H20N2O5/c1-25-16-8-4-2-6-14(16)12-21-18(23)13-26-20(24)11-10-19-22-15-7-3-5-9-17(15)27-19/h2-9H,10-13H2,1H3,(H,21,23). The number of carbonyl (C=O) groups excluding carboxylic acids is 2. The monoisotopic (exact) mass is 368 g/mol. The second-order valence-corrected chi connectivity index (χ2v) is 5.82. The van der Waals surface area contributed by atoms with Gasteiger partial charge in [-0.1, -0.05) is 30.3 Å². The zero-order chi connectivity index (χ0) is 19.1. The molecule has 1 aromatic heterocycles. The summed E-state index contributed by atoms with van der Waals surface area (Å²) < 4.78 is 15.8. The number of methoxy groups -OCH3 is 1. The molecule has 27 heavy (non-hydrogen) atoms. The fourth-order valence-electron chi connectivity index (χ4n) is 2.55. The Bertz CT molecular complexity index is 902. The Morgan fingerprint density at radius 2 is 1.89 bits per heavy atom. The van der Waals surface area contributed by atoms with E-state index in [0.29, 0.717) is 30.2 Å².